The highest BCUT2D eigenvalue weighted by atomic mass is 16.6. The average molecular weight is 828 g/mol. The molecule has 6 aromatic carbocycles. The molecule has 6 aromatic rings. The van der Waals surface area contributed by atoms with Crippen LogP contribution < -0.4 is 9.47 Å². The summed E-state index contributed by atoms with van der Waals surface area (Å²) < 4.78 is 13.1. The Kier molecular flexibility index (Phi) is 15.4. The number of ether oxygens (including phenoxy) is 2. The first-order chi connectivity index (χ1) is 30.7. The van der Waals surface area contributed by atoms with Gasteiger partial charge in [0, 0.05) is 22.1 Å². The molecule has 2 aliphatic carbocycles. The molecule has 3 aliphatic rings. The topological polar surface area (TPSA) is 67.0 Å². The van der Waals surface area contributed by atoms with Gasteiger partial charge >= 0.3 is 0 Å². The normalized spacial score (nSPS) is 13.8. The van der Waals surface area contributed by atoms with Gasteiger partial charge in [-0.2, -0.15) is 5.26 Å². The van der Waals surface area contributed by atoms with Crippen molar-refractivity contribution in [2.24, 2.45) is 9.98 Å². The number of para-hydroxylation sites is 1. The third kappa shape index (κ3) is 10.4. The van der Waals surface area contributed by atoms with Crippen LogP contribution in [0.15, 0.2) is 185 Å². The van der Waals surface area contributed by atoms with Gasteiger partial charge in [0.15, 0.2) is 28.8 Å². The lowest BCUT2D eigenvalue weighted by Gasteiger charge is -2.27. The van der Waals surface area contributed by atoms with Crippen LogP contribution in [0.1, 0.15) is 87.8 Å². The number of benzene rings is 6. The zero-order valence-corrected chi connectivity index (χ0v) is 37.7. The molecule has 0 bridgehead atoms. The number of allylic oxidation sites excluding steroid dienone is 8. The van der Waals surface area contributed by atoms with E-state index in [9.17, 15) is 0 Å². The molecule has 0 saturated carbocycles. The molecule has 0 N–H and O–H groups in total. The molecule has 0 aromatic heterocycles. The van der Waals surface area contributed by atoms with Crippen molar-refractivity contribution in [1.29, 1.82) is 5.26 Å². The number of nitrogens with zero attached hydrogens (tertiary/aromatic N) is 3. The van der Waals surface area contributed by atoms with Gasteiger partial charge in [0.05, 0.1) is 18.2 Å². The molecule has 0 radical (unpaired) electrons. The first kappa shape index (κ1) is 45.2. The Bertz CT molecular complexity index is 2730. The van der Waals surface area contributed by atoms with Gasteiger partial charge in [-0.05, 0) is 110 Å². The zero-order chi connectivity index (χ0) is 44.8. The van der Waals surface area contributed by atoms with E-state index in [4.69, 9.17) is 14.7 Å². The maximum Gasteiger partial charge on any atom is 0.177 e. The molecule has 0 saturated heterocycles. The Morgan fingerprint density at radius 3 is 2.11 bits per heavy atom. The van der Waals surface area contributed by atoms with Gasteiger partial charge < -0.3 is 9.47 Å². The van der Waals surface area contributed by atoms with Crippen molar-refractivity contribution >= 4 is 18.1 Å². The van der Waals surface area contributed by atoms with E-state index in [0.29, 0.717) is 17.9 Å². The third-order valence-electron chi connectivity index (χ3n) is 11.0. The van der Waals surface area contributed by atoms with Gasteiger partial charge in [-0.1, -0.05) is 173 Å². The first-order valence-corrected chi connectivity index (χ1v) is 21.8. The van der Waals surface area contributed by atoms with Crippen molar-refractivity contribution < 1.29 is 9.47 Å². The SMILES string of the molecule is C/C=C\C=C/C.C=NC(=NCc1cccc(-c2cccc(C#N)c2)c1)c1ccccc1.CC.Cc1ccc(-c2cccc3c2Oc2ccc4c(c2O3)C2=C(C=CCC2)C4(C)C)cc1. The van der Waals surface area contributed by atoms with Gasteiger partial charge in [0.1, 0.15) is 0 Å². The highest BCUT2D eigenvalue weighted by molar-refractivity contribution is 6.01. The van der Waals surface area contributed by atoms with E-state index >= 15 is 0 Å². The molecular weight excluding hydrogens is 771 g/mol. The molecule has 5 heteroatoms. The van der Waals surface area contributed by atoms with Gasteiger partial charge in [-0.15, -0.1) is 0 Å². The third-order valence-corrected chi connectivity index (χ3v) is 11.0. The van der Waals surface area contributed by atoms with E-state index in [2.05, 4.69) is 104 Å². The smallest absolute Gasteiger partial charge is 0.177 e. The molecule has 0 atom stereocenters. The van der Waals surface area contributed by atoms with Crippen molar-refractivity contribution in [3.05, 3.63) is 209 Å². The van der Waals surface area contributed by atoms with Gasteiger partial charge in [-0.3, -0.25) is 4.99 Å². The molecule has 316 valence electrons. The van der Waals surface area contributed by atoms with Crippen molar-refractivity contribution in [3.8, 4) is 51.3 Å². The van der Waals surface area contributed by atoms with Crippen LogP contribution in [-0.4, -0.2) is 12.6 Å². The molecule has 1 heterocycles. The predicted octanol–water partition coefficient (Wildman–Crippen LogP) is 16.0. The fraction of sp³-hybridized carbons (Fsp3) is 0.190. The van der Waals surface area contributed by atoms with E-state index in [0.717, 1.165) is 69.2 Å². The van der Waals surface area contributed by atoms with Gasteiger partial charge in [0.25, 0.3) is 0 Å². The zero-order valence-electron chi connectivity index (χ0n) is 37.7. The first-order valence-electron chi connectivity index (χ1n) is 21.8. The maximum atomic E-state index is 9.06. The lowest BCUT2D eigenvalue weighted by atomic mass is 9.80. The minimum absolute atomic E-state index is 0.00992. The van der Waals surface area contributed by atoms with Crippen LogP contribution in [0.4, 0.5) is 0 Å². The van der Waals surface area contributed by atoms with Crippen LogP contribution in [0.3, 0.4) is 0 Å². The van der Waals surface area contributed by atoms with Crippen LogP contribution >= 0.6 is 0 Å². The van der Waals surface area contributed by atoms with E-state index in [1.165, 1.54) is 27.8 Å². The Morgan fingerprint density at radius 1 is 0.746 bits per heavy atom. The second kappa shape index (κ2) is 21.5. The number of aliphatic imine (C=N–C) groups is 2. The summed E-state index contributed by atoms with van der Waals surface area (Å²) in [4.78, 5) is 8.63. The van der Waals surface area contributed by atoms with Crippen LogP contribution in [0, 0.1) is 18.3 Å². The lowest BCUT2D eigenvalue weighted by Crippen LogP contribution is -2.16. The number of aryl methyl sites for hydroxylation is 1. The Balaban J connectivity index is 0.000000182. The number of fused-ring (bicyclic) bond motifs is 5. The lowest BCUT2D eigenvalue weighted by molar-refractivity contribution is 0.359. The largest absolute Gasteiger partial charge is 0.449 e. The van der Waals surface area contributed by atoms with Crippen molar-refractivity contribution in [3.63, 3.8) is 0 Å². The van der Waals surface area contributed by atoms with Crippen molar-refractivity contribution in [1.82, 2.24) is 0 Å². The molecular formula is C58H57N3O2. The number of rotatable bonds is 6. The van der Waals surface area contributed by atoms with Crippen LogP contribution in [0.2, 0.25) is 0 Å². The van der Waals surface area contributed by atoms with Crippen LogP contribution in [-0.2, 0) is 12.0 Å². The van der Waals surface area contributed by atoms with E-state index in [1.54, 1.807) is 6.07 Å². The van der Waals surface area contributed by atoms with Crippen LogP contribution in [0.25, 0.3) is 27.8 Å². The van der Waals surface area contributed by atoms with Gasteiger partial charge in [-0.25, -0.2) is 4.99 Å². The van der Waals surface area contributed by atoms with E-state index in [-0.39, 0.29) is 5.41 Å². The quantitative estimate of drug-likeness (QED) is 0.0953. The summed E-state index contributed by atoms with van der Waals surface area (Å²) in [7, 11) is 0. The highest BCUT2D eigenvalue weighted by Gasteiger charge is 2.41. The fourth-order valence-electron chi connectivity index (χ4n) is 7.93. The molecule has 0 spiro atoms. The number of nitriles is 1. The molecule has 63 heavy (non-hydrogen) atoms. The molecule has 0 fully saturated rings. The Morgan fingerprint density at radius 2 is 1.41 bits per heavy atom. The minimum Gasteiger partial charge on any atom is -0.449 e. The molecule has 5 nitrogen and oxygen atoms in total. The summed E-state index contributed by atoms with van der Waals surface area (Å²) in [5, 5.41) is 9.06. The monoisotopic (exact) mass is 827 g/mol. The second-order valence-electron chi connectivity index (χ2n) is 15.6. The maximum absolute atomic E-state index is 9.06. The van der Waals surface area contributed by atoms with E-state index in [1.807, 2.05) is 131 Å². The predicted molar refractivity (Wildman–Crippen MR) is 265 cm³/mol. The van der Waals surface area contributed by atoms with Crippen molar-refractivity contribution in [2.45, 2.75) is 73.3 Å². The summed E-state index contributed by atoms with van der Waals surface area (Å²) in [5.74, 6) is 3.89. The Labute approximate surface area is 374 Å². The fourth-order valence-corrected chi connectivity index (χ4v) is 7.93. The number of hydrogen-bond acceptors (Lipinski definition) is 4. The van der Waals surface area contributed by atoms with Gasteiger partial charge in [0.2, 0.25) is 0 Å². The van der Waals surface area contributed by atoms with Crippen LogP contribution in [0.5, 0.6) is 23.0 Å². The second-order valence-corrected chi connectivity index (χ2v) is 15.6. The Hall–Kier alpha value is -7.29. The van der Waals surface area contributed by atoms with Crippen molar-refractivity contribution in [2.75, 3.05) is 0 Å². The molecule has 1 aliphatic heterocycles. The summed E-state index contributed by atoms with van der Waals surface area (Å²) >= 11 is 0. The molecule has 0 unspecified atom stereocenters. The summed E-state index contributed by atoms with van der Waals surface area (Å²) in [6.45, 7) is 18.9. The minimum atomic E-state index is -0.00992. The summed E-state index contributed by atoms with van der Waals surface area (Å²) in [6, 6.07) is 46.7. The average Bonchev–Trinajstić information content (AvgIpc) is 3.58. The standard InChI is InChI=1S/C28H24O2.C22H17N3.C6H10.C2H6/c1-17-11-13-18(14-12-17)19-8-6-10-23-26(19)29-24-16-15-22-25(27(24)30-23)20-7-4-5-9-21(20)28(22,2)3;1-24-22(19-9-3-2-4-10-19)25-16-18-8-6-12-21(14-18)20-11-5-7-17(13-20)15-23;1-3-5-6-4-2;1-2/h5-6,8-16H,4,7H2,1-3H3;2-14H,1,16H2;3-6H,1-2H3;1-2H3/b;;5-3-,6-4-;. The summed E-state index contributed by atoms with van der Waals surface area (Å²) in [6.07, 6.45) is 14.7. The summed E-state index contributed by atoms with van der Waals surface area (Å²) in [5.41, 5.74) is 13.6. The van der Waals surface area contributed by atoms with E-state index < -0.39 is 0 Å². The number of amidine groups is 1. The highest BCUT2D eigenvalue weighted by Crippen LogP contribution is 2.59. The number of hydrogen-bond donors (Lipinski definition) is 0. The molecule has 0 amide bonds. The molecule has 9 rings (SSSR count).